The maximum absolute atomic E-state index is 12.6. The molecule has 0 atom stereocenters. The molecule has 0 saturated carbocycles. The Balaban J connectivity index is 2.30. The summed E-state index contributed by atoms with van der Waals surface area (Å²) in [6.45, 7) is 5.37. The van der Waals surface area contributed by atoms with Crippen LogP contribution in [0, 0.1) is 6.92 Å². The summed E-state index contributed by atoms with van der Waals surface area (Å²) in [4.78, 5) is 14.4. The first-order valence-corrected chi connectivity index (χ1v) is 11.0. The van der Waals surface area contributed by atoms with E-state index in [2.05, 4.69) is 0 Å². The average molecular weight is 381 g/mol. The fourth-order valence-electron chi connectivity index (χ4n) is 2.33. The third-order valence-electron chi connectivity index (χ3n) is 4.11. The minimum absolute atomic E-state index is 0.0684. The Bertz CT molecular complexity index is 837. The Morgan fingerprint density at radius 2 is 1.96 bits per heavy atom. The number of sulfonamides is 1. The lowest BCUT2D eigenvalue weighted by molar-refractivity contribution is 0.0769. The van der Waals surface area contributed by atoms with Gasteiger partial charge in [-0.25, -0.2) is 22.0 Å². The maximum Gasteiger partial charge on any atom is 0.264 e. The van der Waals surface area contributed by atoms with Gasteiger partial charge in [0.1, 0.15) is 4.21 Å². The van der Waals surface area contributed by atoms with E-state index in [0.29, 0.717) is 18.5 Å². The molecule has 0 bridgehead atoms. The van der Waals surface area contributed by atoms with Gasteiger partial charge in [0.05, 0.1) is 15.4 Å². The predicted molar refractivity (Wildman–Crippen MR) is 88.8 cm³/mol. The zero-order chi connectivity index (χ0) is 17.6. The number of thiophene rings is 1. The van der Waals surface area contributed by atoms with Crippen LogP contribution in [-0.2, 0) is 19.9 Å². The second-order valence-corrected chi connectivity index (χ2v) is 11.8. The van der Waals surface area contributed by atoms with E-state index >= 15 is 0 Å². The Morgan fingerprint density at radius 3 is 2.48 bits per heavy atom. The summed E-state index contributed by atoms with van der Waals surface area (Å²) in [6, 6.07) is 1.37. The molecule has 0 aromatic carbocycles. The first kappa shape index (κ1) is 18.4. The van der Waals surface area contributed by atoms with Crippen molar-refractivity contribution < 1.29 is 21.6 Å². The quantitative estimate of drug-likeness (QED) is 0.813. The van der Waals surface area contributed by atoms with E-state index in [0.717, 1.165) is 11.3 Å². The molecule has 0 spiro atoms. The van der Waals surface area contributed by atoms with Crippen molar-refractivity contribution >= 4 is 37.1 Å². The Kier molecular flexibility index (Phi) is 4.66. The highest BCUT2D eigenvalue weighted by atomic mass is 32.2. The minimum Gasteiger partial charge on any atom is -0.337 e. The van der Waals surface area contributed by atoms with E-state index in [1.54, 1.807) is 20.8 Å². The molecule has 23 heavy (non-hydrogen) atoms. The molecule has 0 aliphatic carbocycles. The highest BCUT2D eigenvalue weighted by Crippen LogP contribution is 2.29. The van der Waals surface area contributed by atoms with E-state index in [9.17, 15) is 21.6 Å². The van der Waals surface area contributed by atoms with Crippen LogP contribution in [0.5, 0.6) is 0 Å². The van der Waals surface area contributed by atoms with E-state index in [4.69, 9.17) is 5.14 Å². The highest BCUT2D eigenvalue weighted by molar-refractivity contribution is 7.92. The number of primary sulfonamides is 1. The van der Waals surface area contributed by atoms with Crippen LogP contribution in [0.2, 0.25) is 0 Å². The fraction of sp³-hybridized carbons (Fsp3) is 0.615. The summed E-state index contributed by atoms with van der Waals surface area (Å²) in [6.07, 6.45) is 0.341. The lowest BCUT2D eigenvalue weighted by Gasteiger charge is -2.22. The number of carbonyl (C=O) groups is 1. The standard InChI is InChI=1S/C13H20N2O5S3/c1-9-8-10(23(14,19)20)21-11(9)12(16)15-5-4-13(2,3)22(17,18)7-6-15/h8H,4-7H2,1-3H3,(H2,14,19,20). The minimum atomic E-state index is -3.86. The van der Waals surface area contributed by atoms with Crippen LogP contribution in [0.3, 0.4) is 0 Å². The van der Waals surface area contributed by atoms with Crippen LogP contribution >= 0.6 is 11.3 Å². The highest BCUT2D eigenvalue weighted by Gasteiger charge is 2.38. The zero-order valence-corrected chi connectivity index (χ0v) is 15.6. The first-order valence-electron chi connectivity index (χ1n) is 7.00. The van der Waals surface area contributed by atoms with Gasteiger partial charge in [0.15, 0.2) is 9.84 Å². The molecule has 2 N–H and O–H groups in total. The number of hydrogen-bond donors (Lipinski definition) is 1. The van der Waals surface area contributed by atoms with Crippen molar-refractivity contribution in [2.75, 3.05) is 18.8 Å². The van der Waals surface area contributed by atoms with Crippen molar-refractivity contribution in [1.29, 1.82) is 0 Å². The van der Waals surface area contributed by atoms with Crippen LogP contribution in [-0.4, -0.2) is 51.2 Å². The number of rotatable bonds is 2. The van der Waals surface area contributed by atoms with Gasteiger partial charge in [-0.05, 0) is 38.8 Å². The largest absolute Gasteiger partial charge is 0.337 e. The van der Waals surface area contributed by atoms with Gasteiger partial charge in [0.2, 0.25) is 10.0 Å². The second kappa shape index (κ2) is 5.83. The van der Waals surface area contributed by atoms with E-state index in [1.165, 1.54) is 11.0 Å². The van der Waals surface area contributed by atoms with Crippen molar-refractivity contribution in [3.8, 4) is 0 Å². The van der Waals surface area contributed by atoms with Gasteiger partial charge < -0.3 is 4.90 Å². The van der Waals surface area contributed by atoms with Crippen LogP contribution in [0.15, 0.2) is 10.3 Å². The summed E-state index contributed by atoms with van der Waals surface area (Å²) in [5.41, 5.74) is 0.524. The van der Waals surface area contributed by atoms with Gasteiger partial charge in [-0.15, -0.1) is 11.3 Å². The molecule has 130 valence electrons. The number of amides is 1. The van der Waals surface area contributed by atoms with Gasteiger partial charge >= 0.3 is 0 Å². The number of sulfone groups is 1. The lowest BCUT2D eigenvalue weighted by Crippen LogP contribution is -2.33. The topological polar surface area (TPSA) is 115 Å². The molecule has 1 amide bonds. The SMILES string of the molecule is Cc1cc(S(N)(=O)=O)sc1C(=O)N1CCC(C)(C)S(=O)(=O)CC1. The summed E-state index contributed by atoms with van der Waals surface area (Å²) in [5.74, 6) is -0.451. The molecule has 10 heteroatoms. The fourth-order valence-corrected chi connectivity index (χ4v) is 5.67. The summed E-state index contributed by atoms with van der Waals surface area (Å²) >= 11 is 0.821. The molecule has 2 rings (SSSR count). The molecule has 1 saturated heterocycles. The predicted octanol–water partition coefficient (Wildman–Crippen LogP) is 0.743. The van der Waals surface area contributed by atoms with Crippen LogP contribution in [0.1, 0.15) is 35.5 Å². The molecule has 2 heterocycles. The number of nitrogens with two attached hydrogens (primary N) is 1. The van der Waals surface area contributed by atoms with Crippen molar-refractivity contribution in [1.82, 2.24) is 4.90 Å². The van der Waals surface area contributed by atoms with Gasteiger partial charge in [-0.2, -0.15) is 0 Å². The summed E-state index contributed by atoms with van der Waals surface area (Å²) < 4.78 is 46.3. The third-order valence-corrected chi connectivity index (χ3v) is 9.37. The smallest absolute Gasteiger partial charge is 0.264 e. The summed E-state index contributed by atoms with van der Waals surface area (Å²) in [7, 11) is -7.14. The van der Waals surface area contributed by atoms with Gasteiger partial charge in [-0.1, -0.05) is 0 Å². The van der Waals surface area contributed by atoms with E-state index < -0.39 is 24.6 Å². The summed E-state index contributed by atoms with van der Waals surface area (Å²) in [5, 5.41) is 5.09. The Labute approximate surface area is 140 Å². The lowest BCUT2D eigenvalue weighted by atomic mass is 10.1. The molecular weight excluding hydrogens is 360 g/mol. The number of carbonyl (C=O) groups excluding carboxylic acids is 1. The third kappa shape index (κ3) is 3.59. The average Bonchev–Trinajstić information content (AvgIpc) is 2.75. The molecule has 0 unspecified atom stereocenters. The monoisotopic (exact) mass is 380 g/mol. The van der Waals surface area contributed by atoms with Gasteiger partial charge in [-0.3, -0.25) is 4.79 Å². The van der Waals surface area contributed by atoms with E-state index in [-0.39, 0.29) is 27.3 Å². The van der Waals surface area contributed by atoms with E-state index in [1.807, 2.05) is 0 Å². The van der Waals surface area contributed by atoms with Crippen molar-refractivity contribution in [2.45, 2.75) is 36.1 Å². The molecule has 7 nitrogen and oxygen atoms in total. The van der Waals surface area contributed by atoms with Gasteiger partial charge in [0.25, 0.3) is 5.91 Å². The normalized spacial score (nSPS) is 21.0. The number of nitrogens with zero attached hydrogens (tertiary/aromatic N) is 1. The second-order valence-electron chi connectivity index (χ2n) is 6.24. The van der Waals surface area contributed by atoms with Crippen LogP contribution in [0.25, 0.3) is 0 Å². The Hall–Kier alpha value is -0.970. The molecule has 1 aromatic heterocycles. The first-order chi connectivity index (χ1) is 10.3. The Morgan fingerprint density at radius 1 is 1.35 bits per heavy atom. The van der Waals surface area contributed by atoms with Gasteiger partial charge in [0, 0.05) is 13.1 Å². The van der Waals surface area contributed by atoms with Crippen molar-refractivity contribution in [2.24, 2.45) is 5.14 Å². The van der Waals surface area contributed by atoms with Crippen molar-refractivity contribution in [3.63, 3.8) is 0 Å². The number of hydrogen-bond acceptors (Lipinski definition) is 6. The molecule has 1 aromatic rings. The van der Waals surface area contributed by atoms with Crippen molar-refractivity contribution in [3.05, 3.63) is 16.5 Å². The number of aryl methyl sites for hydroxylation is 1. The molecule has 1 aliphatic rings. The zero-order valence-electron chi connectivity index (χ0n) is 13.2. The van der Waals surface area contributed by atoms with Crippen LogP contribution < -0.4 is 5.14 Å². The molecule has 0 radical (unpaired) electrons. The molecule has 1 aliphatic heterocycles. The molecular formula is C13H20N2O5S3. The maximum atomic E-state index is 12.6. The molecule has 1 fully saturated rings. The van der Waals surface area contributed by atoms with Crippen LogP contribution in [0.4, 0.5) is 0 Å².